The molecule has 0 spiro atoms. The SMILES string of the molecule is CCN=C(NC1CCC1)NC1CCCC(SCC)C1. The summed E-state index contributed by atoms with van der Waals surface area (Å²) in [5, 5.41) is 8.10. The zero-order chi connectivity index (χ0) is 13.5. The summed E-state index contributed by atoms with van der Waals surface area (Å²) in [6, 6.07) is 1.29. The van der Waals surface area contributed by atoms with E-state index >= 15 is 0 Å². The van der Waals surface area contributed by atoms with Gasteiger partial charge in [0.2, 0.25) is 0 Å². The van der Waals surface area contributed by atoms with E-state index in [9.17, 15) is 0 Å². The van der Waals surface area contributed by atoms with Gasteiger partial charge in [0.05, 0.1) is 0 Å². The third-order valence-corrected chi connectivity index (χ3v) is 5.36. The first-order valence-corrected chi connectivity index (χ1v) is 9.05. The van der Waals surface area contributed by atoms with Gasteiger partial charge in [-0.05, 0) is 51.2 Å². The van der Waals surface area contributed by atoms with Gasteiger partial charge in [-0.3, -0.25) is 4.99 Å². The van der Waals surface area contributed by atoms with Crippen LogP contribution in [0.3, 0.4) is 0 Å². The first kappa shape index (κ1) is 15.0. The van der Waals surface area contributed by atoms with Crippen LogP contribution in [0.25, 0.3) is 0 Å². The Bertz CT molecular complexity index is 287. The van der Waals surface area contributed by atoms with E-state index in [1.54, 1.807) is 0 Å². The van der Waals surface area contributed by atoms with E-state index in [1.807, 2.05) is 0 Å². The highest BCUT2D eigenvalue weighted by Gasteiger charge is 2.24. The van der Waals surface area contributed by atoms with Crippen LogP contribution in [0.4, 0.5) is 0 Å². The Hall–Kier alpha value is -0.380. The number of rotatable bonds is 5. The van der Waals surface area contributed by atoms with Crippen molar-refractivity contribution >= 4 is 17.7 Å². The second kappa shape index (κ2) is 8.03. The van der Waals surface area contributed by atoms with E-state index < -0.39 is 0 Å². The van der Waals surface area contributed by atoms with E-state index in [-0.39, 0.29) is 0 Å². The van der Waals surface area contributed by atoms with Gasteiger partial charge in [0, 0.05) is 23.9 Å². The summed E-state index contributed by atoms with van der Waals surface area (Å²) >= 11 is 2.13. The van der Waals surface area contributed by atoms with Gasteiger partial charge in [-0.2, -0.15) is 11.8 Å². The zero-order valence-electron chi connectivity index (χ0n) is 12.5. The highest BCUT2D eigenvalue weighted by atomic mass is 32.2. The molecule has 2 fully saturated rings. The molecule has 3 nitrogen and oxygen atoms in total. The molecule has 0 aliphatic heterocycles. The molecule has 0 bridgehead atoms. The Kier molecular flexibility index (Phi) is 6.35. The van der Waals surface area contributed by atoms with Gasteiger partial charge in [0.1, 0.15) is 0 Å². The van der Waals surface area contributed by atoms with Crippen molar-refractivity contribution in [2.24, 2.45) is 4.99 Å². The van der Waals surface area contributed by atoms with Crippen molar-refractivity contribution in [2.45, 2.75) is 76.1 Å². The van der Waals surface area contributed by atoms with Crippen molar-refractivity contribution in [2.75, 3.05) is 12.3 Å². The lowest BCUT2D eigenvalue weighted by atomic mass is 9.93. The van der Waals surface area contributed by atoms with Crippen molar-refractivity contribution in [3.05, 3.63) is 0 Å². The first-order valence-electron chi connectivity index (χ1n) is 8.01. The number of aliphatic imine (C=N–C) groups is 1. The quantitative estimate of drug-likeness (QED) is 0.601. The third kappa shape index (κ3) is 4.90. The van der Waals surface area contributed by atoms with Gasteiger partial charge in [-0.25, -0.2) is 0 Å². The third-order valence-electron chi connectivity index (χ3n) is 4.13. The van der Waals surface area contributed by atoms with Crippen LogP contribution in [0.15, 0.2) is 4.99 Å². The summed E-state index contributed by atoms with van der Waals surface area (Å²) in [7, 11) is 0. The fraction of sp³-hybridized carbons (Fsp3) is 0.933. The second-order valence-electron chi connectivity index (χ2n) is 5.68. The smallest absolute Gasteiger partial charge is 0.191 e. The van der Waals surface area contributed by atoms with Crippen LogP contribution in [0.1, 0.15) is 58.8 Å². The largest absolute Gasteiger partial charge is 0.354 e. The van der Waals surface area contributed by atoms with Crippen molar-refractivity contribution in [1.29, 1.82) is 0 Å². The normalized spacial score (nSPS) is 28.8. The topological polar surface area (TPSA) is 36.4 Å². The molecule has 19 heavy (non-hydrogen) atoms. The van der Waals surface area contributed by atoms with Crippen LogP contribution in [0, 0.1) is 0 Å². The molecule has 2 N–H and O–H groups in total. The molecule has 0 aromatic heterocycles. The molecule has 2 aliphatic carbocycles. The summed E-state index contributed by atoms with van der Waals surface area (Å²) < 4.78 is 0. The molecule has 0 heterocycles. The van der Waals surface area contributed by atoms with E-state index in [2.05, 4.69) is 41.2 Å². The molecule has 110 valence electrons. The number of guanidine groups is 1. The highest BCUT2D eigenvalue weighted by molar-refractivity contribution is 7.99. The molecule has 4 heteroatoms. The van der Waals surface area contributed by atoms with Crippen LogP contribution in [-0.4, -0.2) is 35.6 Å². The lowest BCUT2D eigenvalue weighted by Gasteiger charge is -2.33. The Labute approximate surface area is 122 Å². The lowest BCUT2D eigenvalue weighted by molar-refractivity contribution is 0.369. The summed E-state index contributed by atoms with van der Waals surface area (Å²) in [4.78, 5) is 4.60. The Morgan fingerprint density at radius 1 is 1.05 bits per heavy atom. The number of nitrogens with one attached hydrogen (secondary N) is 2. The number of thioether (sulfide) groups is 1. The molecule has 0 amide bonds. The zero-order valence-corrected chi connectivity index (χ0v) is 13.3. The van der Waals surface area contributed by atoms with E-state index in [4.69, 9.17) is 0 Å². The van der Waals surface area contributed by atoms with Gasteiger partial charge in [0.25, 0.3) is 0 Å². The molecular formula is C15H29N3S. The molecule has 2 saturated carbocycles. The fourth-order valence-corrected chi connectivity index (χ4v) is 4.07. The van der Waals surface area contributed by atoms with Crippen molar-refractivity contribution in [1.82, 2.24) is 10.6 Å². The number of hydrogen-bond acceptors (Lipinski definition) is 2. The lowest BCUT2D eigenvalue weighted by Crippen LogP contribution is -2.50. The Balaban J connectivity index is 1.80. The molecule has 0 saturated heterocycles. The highest BCUT2D eigenvalue weighted by Crippen LogP contribution is 2.28. The predicted octanol–water partition coefficient (Wildman–Crippen LogP) is 3.16. The number of nitrogens with zero attached hydrogens (tertiary/aromatic N) is 1. The summed E-state index contributed by atoms with van der Waals surface area (Å²) in [6.45, 7) is 5.24. The minimum absolute atomic E-state index is 0.621. The standard InChI is InChI=1S/C15H29N3S/c1-3-16-15(17-12-7-5-8-12)18-13-9-6-10-14(11-13)19-4-2/h12-14H,3-11H2,1-2H3,(H2,16,17,18). The maximum absolute atomic E-state index is 4.60. The van der Waals surface area contributed by atoms with Crippen LogP contribution in [0.5, 0.6) is 0 Å². The van der Waals surface area contributed by atoms with Gasteiger partial charge >= 0.3 is 0 Å². The molecule has 2 unspecified atom stereocenters. The van der Waals surface area contributed by atoms with Crippen LogP contribution >= 0.6 is 11.8 Å². The second-order valence-corrected chi connectivity index (χ2v) is 7.26. The predicted molar refractivity (Wildman–Crippen MR) is 86.1 cm³/mol. The van der Waals surface area contributed by atoms with E-state index in [0.717, 1.165) is 17.8 Å². The van der Waals surface area contributed by atoms with Gasteiger partial charge in [-0.1, -0.05) is 13.3 Å². The summed E-state index contributed by atoms with van der Waals surface area (Å²) in [5.74, 6) is 2.30. The maximum Gasteiger partial charge on any atom is 0.191 e. The molecule has 0 aromatic rings. The summed E-state index contributed by atoms with van der Waals surface area (Å²) in [5.41, 5.74) is 0. The molecule has 0 radical (unpaired) electrons. The van der Waals surface area contributed by atoms with Crippen LogP contribution < -0.4 is 10.6 Å². The molecule has 2 aliphatic rings. The van der Waals surface area contributed by atoms with Gasteiger partial charge in [-0.15, -0.1) is 0 Å². The minimum Gasteiger partial charge on any atom is -0.354 e. The minimum atomic E-state index is 0.621. The fourth-order valence-electron chi connectivity index (χ4n) is 2.89. The van der Waals surface area contributed by atoms with Gasteiger partial charge in [0.15, 0.2) is 5.96 Å². The van der Waals surface area contributed by atoms with Crippen LogP contribution in [0.2, 0.25) is 0 Å². The van der Waals surface area contributed by atoms with Crippen molar-refractivity contribution in [3.8, 4) is 0 Å². The maximum atomic E-state index is 4.60. The Morgan fingerprint density at radius 2 is 1.74 bits per heavy atom. The summed E-state index contributed by atoms with van der Waals surface area (Å²) in [6.07, 6.45) is 9.34. The molecular weight excluding hydrogens is 254 g/mol. The monoisotopic (exact) mass is 283 g/mol. The van der Waals surface area contributed by atoms with Crippen molar-refractivity contribution in [3.63, 3.8) is 0 Å². The van der Waals surface area contributed by atoms with E-state index in [0.29, 0.717) is 12.1 Å². The van der Waals surface area contributed by atoms with Crippen LogP contribution in [-0.2, 0) is 0 Å². The number of hydrogen-bond donors (Lipinski definition) is 2. The first-order chi connectivity index (χ1) is 9.31. The van der Waals surface area contributed by atoms with Gasteiger partial charge < -0.3 is 10.6 Å². The van der Waals surface area contributed by atoms with E-state index in [1.165, 1.54) is 50.7 Å². The molecule has 2 atom stereocenters. The molecule has 2 rings (SSSR count). The Morgan fingerprint density at radius 3 is 2.37 bits per heavy atom. The average molecular weight is 283 g/mol. The van der Waals surface area contributed by atoms with Crippen molar-refractivity contribution < 1.29 is 0 Å². The average Bonchev–Trinajstić information content (AvgIpc) is 2.35. The molecule has 0 aromatic carbocycles.